The minimum absolute atomic E-state index is 0.607. The number of aliphatic imine (C=N–C) groups is 1. The maximum atomic E-state index is 5.78. The van der Waals surface area contributed by atoms with Crippen LogP contribution in [-0.4, -0.2) is 44.1 Å². The van der Waals surface area contributed by atoms with Gasteiger partial charge in [0.1, 0.15) is 12.4 Å². The minimum Gasteiger partial charge on any atom is -0.492 e. The second-order valence-electron chi connectivity index (χ2n) is 6.66. The standard InChI is InChI=1S/C18H27N3O/c1-15-5-3-6-16(13-15)22-12-10-20-17(19-2)21-11-9-18(14-21)7-4-8-18/h3,5-6,13H,4,7-12,14H2,1-2H3,(H,19,20). The highest BCUT2D eigenvalue weighted by atomic mass is 16.5. The number of ether oxygens (including phenoxy) is 1. The first-order valence-electron chi connectivity index (χ1n) is 8.36. The molecule has 2 aliphatic rings. The predicted octanol–water partition coefficient (Wildman–Crippen LogP) is 2.83. The van der Waals surface area contributed by atoms with E-state index in [0.29, 0.717) is 12.0 Å². The zero-order chi connectivity index (χ0) is 15.4. The maximum absolute atomic E-state index is 5.78. The summed E-state index contributed by atoms with van der Waals surface area (Å²) in [5.74, 6) is 1.96. The Morgan fingerprint density at radius 1 is 1.36 bits per heavy atom. The van der Waals surface area contributed by atoms with Crippen molar-refractivity contribution < 1.29 is 4.74 Å². The van der Waals surface area contributed by atoms with Crippen LogP contribution < -0.4 is 10.1 Å². The lowest BCUT2D eigenvalue weighted by molar-refractivity contribution is 0.151. The fraction of sp³-hybridized carbons (Fsp3) is 0.611. The number of hydrogen-bond donors (Lipinski definition) is 1. The van der Waals surface area contributed by atoms with Crippen molar-refractivity contribution in [2.45, 2.75) is 32.6 Å². The van der Waals surface area contributed by atoms with Gasteiger partial charge in [0.25, 0.3) is 0 Å². The summed E-state index contributed by atoms with van der Waals surface area (Å²) in [6.45, 7) is 5.83. The molecule has 4 heteroatoms. The van der Waals surface area contributed by atoms with Gasteiger partial charge in [-0.15, -0.1) is 0 Å². The van der Waals surface area contributed by atoms with Gasteiger partial charge in [-0.1, -0.05) is 18.6 Å². The lowest BCUT2D eigenvalue weighted by Crippen LogP contribution is -2.43. The number of nitrogens with zero attached hydrogens (tertiary/aromatic N) is 2. The molecule has 1 aromatic carbocycles. The van der Waals surface area contributed by atoms with E-state index in [-0.39, 0.29) is 0 Å². The molecule has 1 aromatic rings. The van der Waals surface area contributed by atoms with Crippen LogP contribution in [-0.2, 0) is 0 Å². The van der Waals surface area contributed by atoms with E-state index >= 15 is 0 Å². The Kier molecular flexibility index (Phi) is 4.55. The van der Waals surface area contributed by atoms with E-state index in [2.05, 4.69) is 34.3 Å². The fourth-order valence-electron chi connectivity index (χ4n) is 3.57. The van der Waals surface area contributed by atoms with Crippen LogP contribution in [0, 0.1) is 12.3 Å². The Balaban J connectivity index is 1.42. The quantitative estimate of drug-likeness (QED) is 0.528. The Hall–Kier alpha value is -1.71. The number of nitrogens with one attached hydrogen (secondary N) is 1. The van der Waals surface area contributed by atoms with E-state index in [4.69, 9.17) is 4.74 Å². The third-order valence-electron chi connectivity index (χ3n) is 5.01. The number of aryl methyl sites for hydroxylation is 1. The summed E-state index contributed by atoms with van der Waals surface area (Å²) >= 11 is 0. The summed E-state index contributed by atoms with van der Waals surface area (Å²) in [4.78, 5) is 6.84. The molecule has 3 rings (SSSR count). The highest BCUT2D eigenvalue weighted by Gasteiger charge is 2.43. The molecule has 0 unspecified atom stereocenters. The van der Waals surface area contributed by atoms with Crippen LogP contribution in [0.25, 0.3) is 0 Å². The monoisotopic (exact) mass is 301 g/mol. The normalized spacial score (nSPS) is 20.1. The van der Waals surface area contributed by atoms with Crippen molar-refractivity contribution in [1.29, 1.82) is 0 Å². The summed E-state index contributed by atoms with van der Waals surface area (Å²) in [7, 11) is 1.87. The van der Waals surface area contributed by atoms with Crippen LogP contribution in [0.15, 0.2) is 29.3 Å². The molecule has 1 aliphatic heterocycles. The van der Waals surface area contributed by atoms with E-state index in [1.54, 1.807) is 0 Å². The lowest BCUT2D eigenvalue weighted by Gasteiger charge is -2.38. The maximum Gasteiger partial charge on any atom is 0.193 e. The van der Waals surface area contributed by atoms with Crippen molar-refractivity contribution >= 4 is 5.96 Å². The average molecular weight is 301 g/mol. The van der Waals surface area contributed by atoms with Crippen molar-refractivity contribution in [2.24, 2.45) is 10.4 Å². The van der Waals surface area contributed by atoms with E-state index in [1.165, 1.54) is 37.8 Å². The summed E-state index contributed by atoms with van der Waals surface area (Å²) in [6, 6.07) is 8.17. The van der Waals surface area contributed by atoms with Crippen molar-refractivity contribution in [1.82, 2.24) is 10.2 Å². The molecule has 120 valence electrons. The van der Waals surface area contributed by atoms with Crippen molar-refractivity contribution in [2.75, 3.05) is 33.3 Å². The van der Waals surface area contributed by atoms with Crippen LogP contribution in [0.2, 0.25) is 0 Å². The van der Waals surface area contributed by atoms with Gasteiger partial charge in [-0.25, -0.2) is 0 Å². The smallest absolute Gasteiger partial charge is 0.193 e. The molecule has 1 spiro atoms. The van der Waals surface area contributed by atoms with Crippen molar-refractivity contribution in [3.63, 3.8) is 0 Å². The Labute approximate surface area is 133 Å². The molecule has 1 N–H and O–H groups in total. The van der Waals surface area contributed by atoms with E-state index in [9.17, 15) is 0 Å². The largest absolute Gasteiger partial charge is 0.492 e. The first-order valence-corrected chi connectivity index (χ1v) is 8.36. The number of benzene rings is 1. The van der Waals surface area contributed by atoms with Gasteiger partial charge in [0.2, 0.25) is 0 Å². The van der Waals surface area contributed by atoms with E-state index in [1.807, 2.05) is 19.2 Å². The molecule has 4 nitrogen and oxygen atoms in total. The van der Waals surface area contributed by atoms with E-state index < -0.39 is 0 Å². The molecule has 1 aliphatic carbocycles. The number of guanidine groups is 1. The van der Waals surface area contributed by atoms with Crippen LogP contribution in [0.5, 0.6) is 5.75 Å². The number of likely N-dealkylation sites (tertiary alicyclic amines) is 1. The van der Waals surface area contributed by atoms with Crippen LogP contribution >= 0.6 is 0 Å². The van der Waals surface area contributed by atoms with Crippen LogP contribution in [0.4, 0.5) is 0 Å². The van der Waals surface area contributed by atoms with Gasteiger partial charge >= 0.3 is 0 Å². The Morgan fingerprint density at radius 2 is 2.23 bits per heavy atom. The molecule has 0 bridgehead atoms. The third-order valence-corrected chi connectivity index (χ3v) is 5.01. The van der Waals surface area contributed by atoms with Gasteiger partial charge in [-0.2, -0.15) is 0 Å². The summed E-state index contributed by atoms with van der Waals surface area (Å²) in [6.07, 6.45) is 5.53. The molecule has 0 amide bonds. The number of rotatable bonds is 4. The third kappa shape index (κ3) is 3.37. The molecule has 1 saturated carbocycles. The van der Waals surface area contributed by atoms with Crippen molar-refractivity contribution in [3.8, 4) is 5.75 Å². The molecule has 0 atom stereocenters. The van der Waals surface area contributed by atoms with Gasteiger partial charge in [-0.3, -0.25) is 4.99 Å². The van der Waals surface area contributed by atoms with Gasteiger partial charge in [0.05, 0.1) is 6.54 Å². The lowest BCUT2D eigenvalue weighted by atomic mass is 9.68. The molecular formula is C18H27N3O. The molecule has 1 saturated heterocycles. The average Bonchev–Trinajstić information content (AvgIpc) is 2.93. The molecular weight excluding hydrogens is 274 g/mol. The highest BCUT2D eigenvalue weighted by Crippen LogP contribution is 2.47. The van der Waals surface area contributed by atoms with Gasteiger partial charge in [0.15, 0.2) is 5.96 Å². The molecule has 1 heterocycles. The summed E-state index contributed by atoms with van der Waals surface area (Å²) in [5, 5.41) is 3.43. The second-order valence-corrected chi connectivity index (χ2v) is 6.66. The highest BCUT2D eigenvalue weighted by molar-refractivity contribution is 5.80. The first kappa shape index (κ1) is 15.2. The minimum atomic E-state index is 0.607. The first-order chi connectivity index (χ1) is 10.7. The number of hydrogen-bond acceptors (Lipinski definition) is 2. The molecule has 0 radical (unpaired) electrons. The van der Waals surface area contributed by atoms with Gasteiger partial charge in [-0.05, 0) is 49.3 Å². The molecule has 0 aromatic heterocycles. The fourth-order valence-corrected chi connectivity index (χ4v) is 3.57. The molecule has 22 heavy (non-hydrogen) atoms. The van der Waals surface area contributed by atoms with Gasteiger partial charge in [0, 0.05) is 20.1 Å². The van der Waals surface area contributed by atoms with E-state index in [0.717, 1.165) is 24.8 Å². The SMILES string of the molecule is CN=C(NCCOc1cccc(C)c1)N1CCC2(CCC2)C1. The second kappa shape index (κ2) is 6.59. The Morgan fingerprint density at radius 3 is 2.86 bits per heavy atom. The summed E-state index contributed by atoms with van der Waals surface area (Å²) < 4.78 is 5.78. The predicted molar refractivity (Wildman–Crippen MR) is 90.5 cm³/mol. The van der Waals surface area contributed by atoms with Crippen LogP contribution in [0.3, 0.4) is 0 Å². The van der Waals surface area contributed by atoms with Gasteiger partial charge < -0.3 is 15.0 Å². The zero-order valence-corrected chi connectivity index (χ0v) is 13.8. The Bertz CT molecular complexity index is 537. The molecule has 2 fully saturated rings. The van der Waals surface area contributed by atoms with Crippen LogP contribution in [0.1, 0.15) is 31.2 Å². The zero-order valence-electron chi connectivity index (χ0n) is 13.8. The topological polar surface area (TPSA) is 36.9 Å². The van der Waals surface area contributed by atoms with Crippen molar-refractivity contribution in [3.05, 3.63) is 29.8 Å². The summed E-state index contributed by atoms with van der Waals surface area (Å²) in [5.41, 5.74) is 1.83.